The van der Waals surface area contributed by atoms with E-state index in [1.165, 1.54) is 0 Å². The zero-order valence-corrected chi connectivity index (χ0v) is 9.53. The molecule has 94 valence electrons. The lowest BCUT2D eigenvalue weighted by molar-refractivity contribution is -0.132. The first-order valence-corrected chi connectivity index (χ1v) is 5.30. The molecule has 1 rings (SSSR count). The summed E-state index contributed by atoms with van der Waals surface area (Å²) in [7, 11) is 0. The average Bonchev–Trinajstić information content (AvgIpc) is 2.30. The zero-order chi connectivity index (χ0) is 12.7. The molecule has 1 N–H and O–H groups in total. The minimum atomic E-state index is -2.98. The second-order valence-electron chi connectivity index (χ2n) is 3.71. The van der Waals surface area contributed by atoms with Crippen molar-refractivity contribution < 1.29 is 18.3 Å². The predicted octanol–water partition coefficient (Wildman–Crippen LogP) is 1.97. The average molecular weight is 243 g/mol. The van der Waals surface area contributed by atoms with Crippen molar-refractivity contribution in [1.29, 1.82) is 0 Å². The molecule has 1 atom stereocenters. The summed E-state index contributed by atoms with van der Waals surface area (Å²) < 4.78 is 29.1. The van der Waals surface area contributed by atoms with Crippen LogP contribution in [-0.2, 0) is 16.1 Å². The van der Waals surface area contributed by atoms with E-state index in [0.29, 0.717) is 6.61 Å². The predicted molar refractivity (Wildman–Crippen MR) is 59.7 cm³/mol. The molecule has 1 aromatic rings. The van der Waals surface area contributed by atoms with Crippen molar-refractivity contribution in [3.05, 3.63) is 35.9 Å². The van der Waals surface area contributed by atoms with E-state index in [0.717, 1.165) is 5.56 Å². The fourth-order valence-electron chi connectivity index (χ4n) is 1.28. The molecule has 0 bridgehead atoms. The topological polar surface area (TPSA) is 38.3 Å². The first-order chi connectivity index (χ1) is 8.09. The zero-order valence-electron chi connectivity index (χ0n) is 9.53. The Kier molecular flexibility index (Phi) is 5.56. The third-order valence-corrected chi connectivity index (χ3v) is 2.07. The van der Waals surface area contributed by atoms with Crippen LogP contribution in [0.2, 0.25) is 0 Å². The number of carbonyl (C=O) groups excluding carboxylic acids is 1. The van der Waals surface area contributed by atoms with Crippen molar-refractivity contribution in [2.75, 3.05) is 6.61 Å². The molecule has 0 radical (unpaired) electrons. The highest BCUT2D eigenvalue weighted by Crippen LogP contribution is 2.01. The number of hydrogen-bond donors (Lipinski definition) is 1. The summed E-state index contributed by atoms with van der Waals surface area (Å²) in [6, 6.07) is 9.06. The van der Waals surface area contributed by atoms with E-state index >= 15 is 0 Å². The van der Waals surface area contributed by atoms with E-state index in [-0.39, 0.29) is 6.61 Å². The molecule has 0 spiro atoms. The summed E-state index contributed by atoms with van der Waals surface area (Å²) in [4.78, 5) is 10.7. The van der Waals surface area contributed by atoms with E-state index in [4.69, 9.17) is 4.74 Å². The second-order valence-corrected chi connectivity index (χ2v) is 3.71. The maximum Gasteiger partial charge on any atom is 0.315 e. The minimum Gasteiger partial charge on any atom is -0.375 e. The van der Waals surface area contributed by atoms with E-state index in [2.05, 4.69) is 5.32 Å². The Morgan fingerprint density at radius 2 is 2.00 bits per heavy atom. The fraction of sp³-hybridized carbons (Fsp3) is 0.417. The molecule has 0 aliphatic rings. The van der Waals surface area contributed by atoms with Crippen LogP contribution in [0.3, 0.4) is 0 Å². The Bertz CT molecular complexity index is 344. The molecule has 1 unspecified atom stereocenters. The van der Waals surface area contributed by atoms with Crippen LogP contribution in [0.15, 0.2) is 30.3 Å². The first-order valence-electron chi connectivity index (χ1n) is 5.30. The summed E-state index contributed by atoms with van der Waals surface area (Å²) in [6.45, 7) is 2.22. The summed E-state index contributed by atoms with van der Waals surface area (Å²) in [5.41, 5.74) is 1.000. The number of rotatable bonds is 6. The summed E-state index contributed by atoms with van der Waals surface area (Å²) >= 11 is 0. The molecular formula is C12H15F2NO2. The number of halogens is 2. The summed E-state index contributed by atoms with van der Waals surface area (Å²) in [5.74, 6) is -1.26. The molecule has 0 heterocycles. The number of nitrogens with one attached hydrogen (secondary N) is 1. The van der Waals surface area contributed by atoms with Crippen LogP contribution in [0.25, 0.3) is 0 Å². The van der Waals surface area contributed by atoms with Gasteiger partial charge in [-0.25, -0.2) is 0 Å². The van der Waals surface area contributed by atoms with Crippen molar-refractivity contribution >= 4 is 5.91 Å². The first kappa shape index (κ1) is 13.6. The number of ether oxygens (including phenoxy) is 1. The Hall–Kier alpha value is -1.49. The number of benzene rings is 1. The van der Waals surface area contributed by atoms with Gasteiger partial charge in [0.2, 0.25) is 0 Å². The lowest BCUT2D eigenvalue weighted by Crippen LogP contribution is -2.39. The molecule has 3 nitrogen and oxygen atoms in total. The lowest BCUT2D eigenvalue weighted by Gasteiger charge is -2.13. The van der Waals surface area contributed by atoms with E-state index in [1.54, 1.807) is 6.92 Å². The summed E-state index contributed by atoms with van der Waals surface area (Å²) in [6.07, 6.45) is -2.98. The monoisotopic (exact) mass is 243 g/mol. The van der Waals surface area contributed by atoms with Crippen LogP contribution in [-0.4, -0.2) is 25.0 Å². The van der Waals surface area contributed by atoms with Gasteiger partial charge in [-0.2, -0.15) is 8.78 Å². The number of amides is 1. The van der Waals surface area contributed by atoms with E-state index in [1.807, 2.05) is 30.3 Å². The smallest absolute Gasteiger partial charge is 0.315 e. The Balaban J connectivity index is 2.20. The van der Waals surface area contributed by atoms with Crippen LogP contribution in [0.4, 0.5) is 8.78 Å². The van der Waals surface area contributed by atoms with Gasteiger partial charge in [-0.15, -0.1) is 0 Å². The van der Waals surface area contributed by atoms with Gasteiger partial charge in [0.15, 0.2) is 0 Å². The molecule has 0 saturated carbocycles. The SMILES string of the molecule is CC(COCc1ccccc1)NC(=O)C(F)F. The molecule has 1 aromatic carbocycles. The highest BCUT2D eigenvalue weighted by molar-refractivity contribution is 5.79. The van der Waals surface area contributed by atoms with Crippen molar-refractivity contribution in [2.45, 2.75) is 26.0 Å². The van der Waals surface area contributed by atoms with Gasteiger partial charge in [0.1, 0.15) is 0 Å². The third-order valence-electron chi connectivity index (χ3n) is 2.07. The number of alkyl halides is 2. The van der Waals surface area contributed by atoms with E-state index < -0.39 is 18.4 Å². The molecule has 0 aliphatic heterocycles. The maximum absolute atomic E-state index is 11.9. The van der Waals surface area contributed by atoms with Crippen molar-refractivity contribution in [2.24, 2.45) is 0 Å². The van der Waals surface area contributed by atoms with Gasteiger partial charge >= 0.3 is 6.43 Å². The highest BCUT2D eigenvalue weighted by Gasteiger charge is 2.17. The van der Waals surface area contributed by atoms with Crippen LogP contribution in [0, 0.1) is 0 Å². The van der Waals surface area contributed by atoms with Gasteiger partial charge in [0.25, 0.3) is 5.91 Å². The minimum absolute atomic E-state index is 0.202. The van der Waals surface area contributed by atoms with Gasteiger partial charge in [-0.05, 0) is 12.5 Å². The van der Waals surface area contributed by atoms with Gasteiger partial charge in [-0.3, -0.25) is 4.79 Å². The number of carbonyl (C=O) groups is 1. The molecule has 1 amide bonds. The largest absolute Gasteiger partial charge is 0.375 e. The Morgan fingerprint density at radius 3 is 2.59 bits per heavy atom. The van der Waals surface area contributed by atoms with Crippen LogP contribution < -0.4 is 5.32 Å². The Labute approximate surface area is 98.8 Å². The fourth-order valence-corrected chi connectivity index (χ4v) is 1.28. The Morgan fingerprint density at radius 1 is 1.35 bits per heavy atom. The highest BCUT2D eigenvalue weighted by atomic mass is 19.3. The number of hydrogen-bond acceptors (Lipinski definition) is 2. The molecule has 5 heteroatoms. The van der Waals surface area contributed by atoms with Crippen molar-refractivity contribution in [3.8, 4) is 0 Å². The normalized spacial score (nSPS) is 12.5. The second kappa shape index (κ2) is 6.96. The third kappa shape index (κ3) is 5.40. The molecule has 0 aliphatic carbocycles. The lowest BCUT2D eigenvalue weighted by atomic mass is 10.2. The van der Waals surface area contributed by atoms with Gasteiger partial charge < -0.3 is 10.1 Å². The van der Waals surface area contributed by atoms with Crippen molar-refractivity contribution in [3.63, 3.8) is 0 Å². The van der Waals surface area contributed by atoms with Gasteiger partial charge in [0.05, 0.1) is 13.2 Å². The summed E-state index contributed by atoms with van der Waals surface area (Å²) in [5, 5.41) is 2.15. The maximum atomic E-state index is 11.9. The molecular weight excluding hydrogens is 228 g/mol. The quantitative estimate of drug-likeness (QED) is 0.829. The van der Waals surface area contributed by atoms with Gasteiger partial charge in [0, 0.05) is 6.04 Å². The van der Waals surface area contributed by atoms with Crippen molar-refractivity contribution in [1.82, 2.24) is 5.32 Å². The van der Waals surface area contributed by atoms with Crippen LogP contribution in [0.1, 0.15) is 12.5 Å². The molecule has 0 saturated heterocycles. The van der Waals surface area contributed by atoms with E-state index in [9.17, 15) is 13.6 Å². The van der Waals surface area contributed by atoms with Gasteiger partial charge in [-0.1, -0.05) is 30.3 Å². The standard InChI is InChI=1S/C12H15F2NO2/c1-9(15-12(16)11(13)14)7-17-8-10-5-3-2-4-6-10/h2-6,9,11H,7-8H2,1H3,(H,15,16). The molecule has 17 heavy (non-hydrogen) atoms. The van der Waals surface area contributed by atoms with Crippen LogP contribution in [0.5, 0.6) is 0 Å². The molecule has 0 aromatic heterocycles. The molecule has 0 fully saturated rings. The van der Waals surface area contributed by atoms with Crippen LogP contribution >= 0.6 is 0 Å².